The second kappa shape index (κ2) is 5.44. The Labute approximate surface area is 89.0 Å². The Morgan fingerprint density at radius 3 is 2.60 bits per heavy atom. The first-order chi connectivity index (χ1) is 7.10. The quantitative estimate of drug-likeness (QED) is 0.572. The smallest absolute Gasteiger partial charge is 0.309 e. The molecular weight excluding hydrogens is 200 g/mol. The van der Waals surface area contributed by atoms with Crippen molar-refractivity contribution < 1.29 is 24.5 Å². The Hall–Kier alpha value is -0.650. The number of hydrogen-bond acceptors (Lipinski definition) is 4. The Balaban J connectivity index is 2.13. The van der Waals surface area contributed by atoms with E-state index in [2.05, 4.69) is 0 Å². The molecule has 1 aliphatic rings. The van der Waals surface area contributed by atoms with Gasteiger partial charge < -0.3 is 19.7 Å². The van der Waals surface area contributed by atoms with Crippen LogP contribution in [0, 0.1) is 5.41 Å². The normalized spacial score (nSPS) is 19.9. The highest BCUT2D eigenvalue weighted by molar-refractivity contribution is 5.77. The number of rotatable bonds is 8. The number of aliphatic carboxylic acids is 1. The highest BCUT2D eigenvalue weighted by Crippen LogP contribution is 2.49. The van der Waals surface area contributed by atoms with Crippen molar-refractivity contribution in [3.05, 3.63) is 0 Å². The fraction of sp³-hybridized carbons (Fsp3) is 0.900. The molecule has 1 rings (SSSR count). The SMILES string of the molecule is COCCOCC(O)CC1(C(=O)O)CC1. The van der Waals surface area contributed by atoms with Crippen LogP contribution >= 0.6 is 0 Å². The lowest BCUT2D eigenvalue weighted by Gasteiger charge is -2.15. The van der Waals surface area contributed by atoms with Gasteiger partial charge in [-0.2, -0.15) is 0 Å². The molecule has 2 N–H and O–H groups in total. The molecule has 5 nitrogen and oxygen atoms in total. The molecule has 0 aromatic rings. The van der Waals surface area contributed by atoms with Crippen LogP contribution in [-0.2, 0) is 14.3 Å². The van der Waals surface area contributed by atoms with E-state index in [1.807, 2.05) is 0 Å². The zero-order chi connectivity index (χ0) is 11.3. The van der Waals surface area contributed by atoms with Gasteiger partial charge in [0.25, 0.3) is 0 Å². The Bertz CT molecular complexity index is 212. The second-order valence-electron chi connectivity index (χ2n) is 4.01. The van der Waals surface area contributed by atoms with Gasteiger partial charge in [-0.3, -0.25) is 4.79 Å². The van der Waals surface area contributed by atoms with E-state index in [-0.39, 0.29) is 13.0 Å². The van der Waals surface area contributed by atoms with Gasteiger partial charge in [-0.05, 0) is 19.3 Å². The van der Waals surface area contributed by atoms with E-state index in [0.29, 0.717) is 26.1 Å². The van der Waals surface area contributed by atoms with Crippen LogP contribution in [0.15, 0.2) is 0 Å². The lowest BCUT2D eigenvalue weighted by molar-refractivity contribution is -0.145. The van der Waals surface area contributed by atoms with Crippen molar-refractivity contribution in [1.29, 1.82) is 0 Å². The van der Waals surface area contributed by atoms with Crippen LogP contribution in [-0.4, -0.2) is 49.2 Å². The maximum absolute atomic E-state index is 10.8. The van der Waals surface area contributed by atoms with Gasteiger partial charge in [0.1, 0.15) is 0 Å². The number of hydrogen-bond donors (Lipinski definition) is 2. The van der Waals surface area contributed by atoms with Crippen LogP contribution < -0.4 is 0 Å². The van der Waals surface area contributed by atoms with Crippen molar-refractivity contribution in [3.63, 3.8) is 0 Å². The highest BCUT2D eigenvalue weighted by Gasteiger charge is 2.51. The summed E-state index contributed by atoms with van der Waals surface area (Å²) in [5.74, 6) is -0.807. The molecule has 0 heterocycles. The van der Waals surface area contributed by atoms with Crippen molar-refractivity contribution in [2.45, 2.75) is 25.4 Å². The molecule has 0 bridgehead atoms. The molecule has 88 valence electrons. The van der Waals surface area contributed by atoms with Crippen LogP contribution in [0.2, 0.25) is 0 Å². The Morgan fingerprint density at radius 1 is 1.47 bits per heavy atom. The average Bonchev–Trinajstić information content (AvgIpc) is 2.93. The summed E-state index contributed by atoms with van der Waals surface area (Å²) in [7, 11) is 1.57. The molecule has 0 saturated heterocycles. The minimum Gasteiger partial charge on any atom is -0.481 e. The van der Waals surface area contributed by atoms with Crippen molar-refractivity contribution in [2.75, 3.05) is 26.9 Å². The lowest BCUT2D eigenvalue weighted by atomic mass is 9.99. The van der Waals surface area contributed by atoms with Crippen LogP contribution in [0.4, 0.5) is 0 Å². The number of carboxylic acids is 1. The number of ether oxygens (including phenoxy) is 2. The molecule has 1 atom stereocenters. The molecular formula is C10H18O5. The maximum Gasteiger partial charge on any atom is 0.309 e. The van der Waals surface area contributed by atoms with E-state index >= 15 is 0 Å². The summed E-state index contributed by atoms with van der Waals surface area (Å²) in [5.41, 5.74) is -0.677. The first-order valence-corrected chi connectivity index (χ1v) is 5.09. The molecule has 0 radical (unpaired) electrons. The minimum absolute atomic E-state index is 0.179. The third-order valence-corrected chi connectivity index (χ3v) is 2.68. The Kier molecular flexibility index (Phi) is 4.50. The zero-order valence-corrected chi connectivity index (χ0v) is 8.94. The van der Waals surface area contributed by atoms with Gasteiger partial charge in [-0.1, -0.05) is 0 Å². The number of carbonyl (C=O) groups is 1. The molecule has 1 saturated carbocycles. The summed E-state index contributed by atoms with van der Waals surface area (Å²) in [5, 5.41) is 18.4. The third-order valence-electron chi connectivity index (χ3n) is 2.68. The van der Waals surface area contributed by atoms with Gasteiger partial charge >= 0.3 is 5.97 Å². The van der Waals surface area contributed by atoms with E-state index in [1.54, 1.807) is 7.11 Å². The van der Waals surface area contributed by atoms with Crippen LogP contribution in [0.25, 0.3) is 0 Å². The molecule has 1 aliphatic carbocycles. The van der Waals surface area contributed by atoms with E-state index in [0.717, 1.165) is 0 Å². The van der Waals surface area contributed by atoms with Gasteiger partial charge in [-0.15, -0.1) is 0 Å². The molecule has 15 heavy (non-hydrogen) atoms. The molecule has 1 unspecified atom stereocenters. The molecule has 5 heteroatoms. The molecule has 0 amide bonds. The highest BCUT2D eigenvalue weighted by atomic mass is 16.5. The summed E-state index contributed by atoms with van der Waals surface area (Å²) in [6, 6.07) is 0. The first kappa shape index (κ1) is 12.4. The molecule has 0 spiro atoms. The van der Waals surface area contributed by atoms with Crippen LogP contribution in [0.1, 0.15) is 19.3 Å². The van der Waals surface area contributed by atoms with E-state index in [4.69, 9.17) is 14.6 Å². The largest absolute Gasteiger partial charge is 0.481 e. The van der Waals surface area contributed by atoms with Crippen LogP contribution in [0.5, 0.6) is 0 Å². The van der Waals surface area contributed by atoms with Crippen molar-refractivity contribution >= 4 is 5.97 Å². The number of carboxylic acid groups (broad SMARTS) is 1. The molecule has 0 aromatic heterocycles. The van der Waals surface area contributed by atoms with Crippen molar-refractivity contribution in [2.24, 2.45) is 5.41 Å². The molecule has 1 fully saturated rings. The third kappa shape index (κ3) is 3.77. The second-order valence-corrected chi connectivity index (χ2v) is 4.01. The first-order valence-electron chi connectivity index (χ1n) is 5.09. The maximum atomic E-state index is 10.8. The van der Waals surface area contributed by atoms with Gasteiger partial charge in [-0.25, -0.2) is 0 Å². The summed E-state index contributed by atoms with van der Waals surface area (Å²) in [6.07, 6.45) is 0.921. The predicted octanol–water partition coefficient (Wildman–Crippen LogP) is 0.265. The van der Waals surface area contributed by atoms with Crippen LogP contribution in [0.3, 0.4) is 0 Å². The summed E-state index contributed by atoms with van der Waals surface area (Å²) < 4.78 is 9.90. The number of aliphatic hydroxyl groups excluding tert-OH is 1. The summed E-state index contributed by atoms with van der Waals surface area (Å²) >= 11 is 0. The van der Waals surface area contributed by atoms with Crippen molar-refractivity contribution in [3.8, 4) is 0 Å². The topological polar surface area (TPSA) is 76.0 Å². The van der Waals surface area contributed by atoms with Crippen molar-refractivity contribution in [1.82, 2.24) is 0 Å². The summed E-state index contributed by atoms with van der Waals surface area (Å²) in [4.78, 5) is 10.8. The van der Waals surface area contributed by atoms with Gasteiger partial charge in [0.2, 0.25) is 0 Å². The summed E-state index contributed by atoms with van der Waals surface area (Å²) in [6.45, 7) is 1.09. The minimum atomic E-state index is -0.807. The average molecular weight is 218 g/mol. The zero-order valence-electron chi connectivity index (χ0n) is 8.94. The monoisotopic (exact) mass is 218 g/mol. The number of aliphatic hydroxyl groups is 1. The fourth-order valence-corrected chi connectivity index (χ4v) is 1.53. The fourth-order valence-electron chi connectivity index (χ4n) is 1.53. The lowest BCUT2D eigenvalue weighted by Crippen LogP contribution is -2.26. The predicted molar refractivity (Wildman–Crippen MR) is 52.6 cm³/mol. The van der Waals surface area contributed by atoms with E-state index in [9.17, 15) is 9.90 Å². The van der Waals surface area contributed by atoms with Gasteiger partial charge in [0, 0.05) is 7.11 Å². The van der Waals surface area contributed by atoms with E-state index in [1.165, 1.54) is 0 Å². The molecule has 0 aromatic carbocycles. The standard InChI is InChI=1S/C10H18O5/c1-14-4-5-15-7-8(11)6-10(2-3-10)9(12)13/h8,11H,2-7H2,1H3,(H,12,13). The van der Waals surface area contributed by atoms with Gasteiger partial charge in [0.15, 0.2) is 0 Å². The van der Waals surface area contributed by atoms with Gasteiger partial charge in [0.05, 0.1) is 31.3 Å². The molecule has 0 aliphatic heterocycles. The van der Waals surface area contributed by atoms with E-state index < -0.39 is 17.5 Å². The number of methoxy groups -OCH3 is 1. The Morgan fingerprint density at radius 2 is 2.13 bits per heavy atom.